The van der Waals surface area contributed by atoms with Gasteiger partial charge in [0.25, 0.3) is 0 Å². The number of nitrogens with zero attached hydrogens (tertiary/aromatic N) is 2. The molecule has 0 unspecified atom stereocenters. The van der Waals surface area contributed by atoms with Gasteiger partial charge in [-0.2, -0.15) is 4.90 Å². The van der Waals surface area contributed by atoms with E-state index in [1.165, 1.54) is 11.0 Å². The summed E-state index contributed by atoms with van der Waals surface area (Å²) in [5.41, 5.74) is -2.67. The van der Waals surface area contributed by atoms with Crippen LogP contribution in [0.2, 0.25) is 0 Å². The first-order valence-electron chi connectivity index (χ1n) is 10.6. The van der Waals surface area contributed by atoms with Crippen molar-refractivity contribution in [1.29, 1.82) is 0 Å². The zero-order chi connectivity index (χ0) is 25.5. The molecule has 0 saturated carbocycles. The van der Waals surface area contributed by atoms with E-state index in [9.17, 15) is 19.2 Å². The van der Waals surface area contributed by atoms with Gasteiger partial charge in [0.2, 0.25) is 5.91 Å². The zero-order valence-corrected chi connectivity index (χ0v) is 21.4. The lowest BCUT2D eigenvalue weighted by molar-refractivity contribution is -0.161. The first-order valence-corrected chi connectivity index (χ1v) is 10.6. The van der Waals surface area contributed by atoms with Crippen LogP contribution in [0, 0.1) is 0 Å². The summed E-state index contributed by atoms with van der Waals surface area (Å²) >= 11 is 0. The number of hydrogen-bond acceptors (Lipinski definition) is 7. The van der Waals surface area contributed by atoms with E-state index in [1.54, 1.807) is 82.5 Å². The Morgan fingerprint density at radius 2 is 1.16 bits per heavy atom. The number of rotatable bonds is 6. The summed E-state index contributed by atoms with van der Waals surface area (Å²) in [7, 11) is 3.23. The molecule has 0 heterocycles. The van der Waals surface area contributed by atoms with Gasteiger partial charge in [-0.3, -0.25) is 4.79 Å². The molecule has 32 heavy (non-hydrogen) atoms. The van der Waals surface area contributed by atoms with E-state index in [-0.39, 0.29) is 18.7 Å². The standard InChI is InChI=1S/C23H40N2O7/c1-21(2,3)30-18(27)16(14-12-13-15-17(26)24(10)11)25(19(28)31-22(4,5)6)20(29)32-23(7,8)9/h13,15-16H,12,14H2,1-11H3/b15-13+/t16-/m0/s1. The second-order valence-corrected chi connectivity index (χ2v) is 10.6. The fraction of sp³-hybridized carbons (Fsp3) is 0.739. The molecule has 0 saturated heterocycles. The molecule has 0 fully saturated rings. The normalized spacial score (nSPS) is 13.3. The summed E-state index contributed by atoms with van der Waals surface area (Å²) in [6, 6.07) is -1.31. The van der Waals surface area contributed by atoms with E-state index in [0.29, 0.717) is 4.90 Å². The molecule has 0 aromatic heterocycles. The molecule has 0 aliphatic rings. The number of hydrogen-bond donors (Lipinski definition) is 0. The summed E-state index contributed by atoms with van der Waals surface area (Å²) < 4.78 is 16.2. The van der Waals surface area contributed by atoms with Gasteiger partial charge >= 0.3 is 18.2 Å². The molecule has 0 aliphatic carbocycles. The molecule has 0 spiro atoms. The monoisotopic (exact) mass is 456 g/mol. The Morgan fingerprint density at radius 3 is 1.50 bits per heavy atom. The maximum absolute atomic E-state index is 13.0. The fourth-order valence-corrected chi connectivity index (χ4v) is 2.26. The minimum absolute atomic E-state index is 0.0185. The van der Waals surface area contributed by atoms with E-state index < -0.39 is 41.0 Å². The van der Waals surface area contributed by atoms with Gasteiger partial charge in [0.15, 0.2) is 0 Å². The van der Waals surface area contributed by atoms with Crippen molar-refractivity contribution in [2.75, 3.05) is 14.1 Å². The van der Waals surface area contributed by atoms with Crippen molar-refractivity contribution < 1.29 is 33.4 Å². The molecule has 0 aliphatic heterocycles. The Labute approximate surface area is 192 Å². The van der Waals surface area contributed by atoms with Crippen molar-refractivity contribution in [1.82, 2.24) is 9.80 Å². The van der Waals surface area contributed by atoms with Crippen LogP contribution in [0.3, 0.4) is 0 Å². The van der Waals surface area contributed by atoms with Gasteiger partial charge in [0.05, 0.1) is 0 Å². The van der Waals surface area contributed by atoms with Gasteiger partial charge in [-0.15, -0.1) is 0 Å². The molecule has 9 heteroatoms. The second kappa shape index (κ2) is 11.3. The van der Waals surface area contributed by atoms with Crippen molar-refractivity contribution in [2.45, 2.75) is 98.0 Å². The molecule has 0 aromatic carbocycles. The number of amides is 3. The molecule has 0 radical (unpaired) electrons. The van der Waals surface area contributed by atoms with Crippen LogP contribution in [0.15, 0.2) is 12.2 Å². The van der Waals surface area contributed by atoms with Crippen molar-refractivity contribution >= 4 is 24.1 Å². The van der Waals surface area contributed by atoms with Crippen LogP contribution in [0.4, 0.5) is 9.59 Å². The van der Waals surface area contributed by atoms with Crippen LogP contribution < -0.4 is 0 Å². The Morgan fingerprint density at radius 1 is 0.750 bits per heavy atom. The van der Waals surface area contributed by atoms with E-state index in [1.807, 2.05) is 0 Å². The summed E-state index contributed by atoms with van der Waals surface area (Å²) in [5, 5.41) is 0. The summed E-state index contributed by atoms with van der Waals surface area (Å²) in [6.07, 6.45) is 1.14. The van der Waals surface area contributed by atoms with Crippen molar-refractivity contribution in [3.05, 3.63) is 12.2 Å². The van der Waals surface area contributed by atoms with Crippen molar-refractivity contribution in [3.63, 3.8) is 0 Å². The maximum atomic E-state index is 13.0. The first kappa shape index (κ1) is 29.4. The zero-order valence-electron chi connectivity index (χ0n) is 21.4. The molecular weight excluding hydrogens is 416 g/mol. The largest absolute Gasteiger partial charge is 0.458 e. The highest BCUT2D eigenvalue weighted by molar-refractivity contribution is 5.94. The molecule has 3 amide bonds. The van der Waals surface area contributed by atoms with E-state index >= 15 is 0 Å². The van der Waals surface area contributed by atoms with Gasteiger partial charge in [-0.25, -0.2) is 14.4 Å². The lowest BCUT2D eigenvalue weighted by Gasteiger charge is -2.33. The molecule has 0 N–H and O–H groups in total. The second-order valence-electron chi connectivity index (χ2n) is 10.6. The number of esters is 1. The number of ether oxygens (including phenoxy) is 3. The number of carbonyl (C=O) groups excluding carboxylic acids is 4. The third kappa shape index (κ3) is 12.3. The third-order valence-corrected chi connectivity index (χ3v) is 3.48. The highest BCUT2D eigenvalue weighted by atomic mass is 16.6. The smallest absolute Gasteiger partial charge is 0.420 e. The molecule has 0 rings (SSSR count). The quantitative estimate of drug-likeness (QED) is 0.334. The van der Waals surface area contributed by atoms with Crippen LogP contribution in [0.1, 0.15) is 75.2 Å². The number of carbonyl (C=O) groups is 4. The molecule has 9 nitrogen and oxygen atoms in total. The van der Waals surface area contributed by atoms with Crippen LogP contribution in [-0.2, 0) is 23.8 Å². The highest BCUT2D eigenvalue weighted by Gasteiger charge is 2.41. The van der Waals surface area contributed by atoms with Gasteiger partial charge in [-0.05, 0) is 81.2 Å². The summed E-state index contributed by atoms with van der Waals surface area (Å²) in [4.78, 5) is 52.7. The Hall–Kier alpha value is -2.58. The van der Waals surface area contributed by atoms with Crippen LogP contribution in [0.25, 0.3) is 0 Å². The van der Waals surface area contributed by atoms with Crippen LogP contribution in [-0.4, -0.2) is 70.8 Å². The average Bonchev–Trinajstić information content (AvgIpc) is 2.51. The Kier molecular flexibility index (Phi) is 10.4. The first-order chi connectivity index (χ1) is 14.2. The fourth-order valence-electron chi connectivity index (χ4n) is 2.26. The highest BCUT2D eigenvalue weighted by Crippen LogP contribution is 2.22. The molecule has 184 valence electrons. The third-order valence-electron chi connectivity index (χ3n) is 3.48. The predicted octanol–water partition coefficient (Wildman–Crippen LogP) is 4.29. The predicted molar refractivity (Wildman–Crippen MR) is 121 cm³/mol. The Bertz CT molecular complexity index is 679. The average molecular weight is 457 g/mol. The van der Waals surface area contributed by atoms with Crippen molar-refractivity contribution in [2.24, 2.45) is 0 Å². The minimum atomic E-state index is -1.31. The van der Waals surface area contributed by atoms with Crippen molar-refractivity contribution in [3.8, 4) is 0 Å². The molecule has 0 bridgehead atoms. The number of allylic oxidation sites excluding steroid dienone is 1. The van der Waals surface area contributed by atoms with E-state index in [4.69, 9.17) is 14.2 Å². The topological polar surface area (TPSA) is 102 Å². The van der Waals surface area contributed by atoms with Gasteiger partial charge < -0.3 is 19.1 Å². The van der Waals surface area contributed by atoms with E-state index in [2.05, 4.69) is 0 Å². The molecule has 0 aromatic rings. The number of imide groups is 1. The number of likely N-dealkylation sites (N-methyl/N-ethyl adjacent to an activating group) is 1. The SMILES string of the molecule is CN(C)C(=O)/C=C/CC[C@@H](C(=O)OC(C)(C)C)N(C(=O)OC(C)(C)C)C(=O)OC(C)(C)C. The molecule has 1 atom stereocenters. The molecular formula is C23H40N2O7. The Balaban J connectivity index is 6.05. The van der Waals surface area contributed by atoms with Crippen LogP contribution >= 0.6 is 0 Å². The van der Waals surface area contributed by atoms with Crippen LogP contribution in [0.5, 0.6) is 0 Å². The maximum Gasteiger partial charge on any atom is 0.420 e. The summed E-state index contributed by atoms with van der Waals surface area (Å²) in [5.74, 6) is -1.00. The van der Waals surface area contributed by atoms with Gasteiger partial charge in [0.1, 0.15) is 22.8 Å². The van der Waals surface area contributed by atoms with Gasteiger partial charge in [0, 0.05) is 14.1 Å². The summed E-state index contributed by atoms with van der Waals surface area (Å²) in [6.45, 7) is 14.9. The minimum Gasteiger partial charge on any atom is -0.458 e. The van der Waals surface area contributed by atoms with E-state index in [0.717, 1.165) is 0 Å². The van der Waals surface area contributed by atoms with Gasteiger partial charge in [-0.1, -0.05) is 6.08 Å². The lowest BCUT2D eigenvalue weighted by atomic mass is 10.1. The lowest BCUT2D eigenvalue weighted by Crippen LogP contribution is -2.53.